The quantitative estimate of drug-likeness (QED) is 0.296. The predicted molar refractivity (Wildman–Crippen MR) is 116 cm³/mol. The molecule has 1 heterocycles. The van der Waals surface area contributed by atoms with Gasteiger partial charge < -0.3 is 4.74 Å². The zero-order chi connectivity index (χ0) is 19.9. The molecule has 3 rings (SSSR count). The van der Waals surface area contributed by atoms with Crippen molar-refractivity contribution in [1.29, 1.82) is 0 Å². The molecule has 0 unspecified atom stereocenters. The Morgan fingerprint density at radius 3 is 2.86 bits per heavy atom. The minimum absolute atomic E-state index is 0.149. The number of hydrazone groups is 1. The van der Waals surface area contributed by atoms with Crippen molar-refractivity contribution in [3.05, 3.63) is 69.1 Å². The molecule has 0 atom stereocenters. The van der Waals surface area contributed by atoms with Crippen LogP contribution in [0.1, 0.15) is 18.2 Å². The first-order valence-corrected chi connectivity index (χ1v) is 10.1. The highest BCUT2D eigenvalue weighted by Crippen LogP contribution is 2.30. The standard InChI is InChI=1S/C20H17Cl2N3O2S/c1-2-27-19(26)10-15-12-28-20(24-15)25-23-11-14-5-3-4-6-16(14)13-7-8-17(21)18(22)9-13/h3-9,11-12H,2,10H2,1H3,(H,24,25). The fraction of sp³-hybridized carbons (Fsp3) is 0.150. The van der Waals surface area contributed by atoms with E-state index in [2.05, 4.69) is 15.5 Å². The van der Waals surface area contributed by atoms with Gasteiger partial charge in [0.2, 0.25) is 5.13 Å². The van der Waals surface area contributed by atoms with Gasteiger partial charge in [0.15, 0.2) is 0 Å². The third kappa shape index (κ3) is 5.32. The molecule has 3 aromatic rings. The lowest BCUT2D eigenvalue weighted by Crippen LogP contribution is -2.07. The molecule has 0 aliphatic heterocycles. The number of nitrogens with zero attached hydrogens (tertiary/aromatic N) is 2. The van der Waals surface area contributed by atoms with Crippen molar-refractivity contribution in [3.8, 4) is 11.1 Å². The Kier molecular flexibility index (Phi) is 7.03. The molecule has 1 aromatic heterocycles. The molecule has 0 aliphatic carbocycles. The highest BCUT2D eigenvalue weighted by molar-refractivity contribution is 7.13. The summed E-state index contributed by atoms with van der Waals surface area (Å²) in [5.41, 5.74) is 6.39. The minimum Gasteiger partial charge on any atom is -0.466 e. The number of esters is 1. The fourth-order valence-electron chi connectivity index (χ4n) is 2.49. The molecule has 0 bridgehead atoms. The number of carbonyl (C=O) groups is 1. The average Bonchev–Trinajstić information content (AvgIpc) is 3.12. The molecule has 144 valence electrons. The van der Waals surface area contributed by atoms with E-state index in [0.29, 0.717) is 27.5 Å². The van der Waals surface area contributed by atoms with Crippen LogP contribution in [0.5, 0.6) is 0 Å². The summed E-state index contributed by atoms with van der Waals surface area (Å²) in [5.74, 6) is -0.293. The molecule has 5 nitrogen and oxygen atoms in total. The number of halogens is 2. The van der Waals surface area contributed by atoms with Crippen LogP contribution in [-0.4, -0.2) is 23.8 Å². The third-order valence-electron chi connectivity index (χ3n) is 3.74. The molecule has 8 heteroatoms. The van der Waals surface area contributed by atoms with E-state index in [-0.39, 0.29) is 12.4 Å². The van der Waals surface area contributed by atoms with E-state index in [1.54, 1.807) is 24.6 Å². The molecular formula is C20H17Cl2N3O2S. The Balaban J connectivity index is 1.71. The number of thiazole rings is 1. The Labute approximate surface area is 177 Å². The molecule has 0 spiro atoms. The van der Waals surface area contributed by atoms with Gasteiger partial charge in [-0.2, -0.15) is 5.10 Å². The maximum atomic E-state index is 11.5. The monoisotopic (exact) mass is 433 g/mol. The first kappa shape index (κ1) is 20.3. The molecule has 0 aliphatic rings. The predicted octanol–water partition coefficient (Wildman–Crippen LogP) is 5.67. The summed E-state index contributed by atoms with van der Waals surface area (Å²) < 4.78 is 4.92. The number of rotatable bonds is 7. The number of ether oxygens (including phenoxy) is 1. The van der Waals surface area contributed by atoms with Crippen LogP contribution in [0.4, 0.5) is 5.13 Å². The zero-order valence-electron chi connectivity index (χ0n) is 15.0. The van der Waals surface area contributed by atoms with E-state index >= 15 is 0 Å². The number of hydrogen-bond acceptors (Lipinski definition) is 6. The smallest absolute Gasteiger partial charge is 0.311 e. The normalized spacial score (nSPS) is 11.0. The highest BCUT2D eigenvalue weighted by Gasteiger charge is 2.08. The van der Waals surface area contributed by atoms with Crippen LogP contribution >= 0.6 is 34.5 Å². The number of benzene rings is 2. The van der Waals surface area contributed by atoms with Gasteiger partial charge in [-0.15, -0.1) is 11.3 Å². The molecule has 0 amide bonds. The van der Waals surface area contributed by atoms with Crippen LogP contribution < -0.4 is 5.43 Å². The van der Waals surface area contributed by atoms with Crippen molar-refractivity contribution in [2.24, 2.45) is 5.10 Å². The van der Waals surface area contributed by atoms with Crippen LogP contribution in [0.3, 0.4) is 0 Å². The Morgan fingerprint density at radius 2 is 2.07 bits per heavy atom. The summed E-state index contributed by atoms with van der Waals surface area (Å²) in [6.07, 6.45) is 1.86. The lowest BCUT2D eigenvalue weighted by molar-refractivity contribution is -0.142. The molecule has 0 radical (unpaired) electrons. The Hall–Kier alpha value is -2.41. The van der Waals surface area contributed by atoms with Crippen molar-refractivity contribution in [2.75, 3.05) is 12.0 Å². The van der Waals surface area contributed by atoms with Crippen molar-refractivity contribution >= 4 is 51.9 Å². The summed E-state index contributed by atoms with van der Waals surface area (Å²) in [6.45, 7) is 2.13. The molecule has 0 saturated heterocycles. The summed E-state index contributed by atoms with van der Waals surface area (Å²) in [6, 6.07) is 13.3. The molecule has 0 saturated carbocycles. The van der Waals surface area contributed by atoms with E-state index in [1.807, 2.05) is 36.4 Å². The maximum Gasteiger partial charge on any atom is 0.311 e. The second kappa shape index (κ2) is 9.68. The number of hydrogen-bond donors (Lipinski definition) is 1. The van der Waals surface area contributed by atoms with Crippen LogP contribution in [0, 0.1) is 0 Å². The first-order chi connectivity index (χ1) is 13.6. The second-order valence-corrected chi connectivity index (χ2v) is 7.38. The van der Waals surface area contributed by atoms with Crippen molar-refractivity contribution in [1.82, 2.24) is 4.98 Å². The highest BCUT2D eigenvalue weighted by atomic mass is 35.5. The van der Waals surface area contributed by atoms with Gasteiger partial charge >= 0.3 is 5.97 Å². The Morgan fingerprint density at radius 1 is 1.25 bits per heavy atom. The van der Waals surface area contributed by atoms with Gasteiger partial charge in [-0.05, 0) is 30.2 Å². The summed E-state index contributed by atoms with van der Waals surface area (Å²) in [5, 5.41) is 7.68. The number of anilines is 1. The average molecular weight is 434 g/mol. The first-order valence-electron chi connectivity index (χ1n) is 8.50. The van der Waals surface area contributed by atoms with Gasteiger partial charge in [0.25, 0.3) is 0 Å². The zero-order valence-corrected chi connectivity index (χ0v) is 17.3. The Bertz CT molecular complexity index is 1000. The lowest BCUT2D eigenvalue weighted by atomic mass is 10.0. The number of aromatic nitrogens is 1. The van der Waals surface area contributed by atoms with Gasteiger partial charge in [-0.25, -0.2) is 4.98 Å². The second-order valence-electron chi connectivity index (χ2n) is 5.71. The lowest BCUT2D eigenvalue weighted by Gasteiger charge is -2.07. The van der Waals surface area contributed by atoms with Gasteiger partial charge in [-0.3, -0.25) is 10.2 Å². The van der Waals surface area contributed by atoms with Gasteiger partial charge in [-0.1, -0.05) is 53.5 Å². The van der Waals surface area contributed by atoms with Crippen LogP contribution in [0.15, 0.2) is 52.9 Å². The van der Waals surface area contributed by atoms with E-state index in [0.717, 1.165) is 16.7 Å². The molecule has 28 heavy (non-hydrogen) atoms. The van der Waals surface area contributed by atoms with E-state index < -0.39 is 0 Å². The maximum absolute atomic E-state index is 11.5. The topological polar surface area (TPSA) is 63.6 Å². The molecular weight excluding hydrogens is 417 g/mol. The van der Waals surface area contributed by atoms with Gasteiger partial charge in [0, 0.05) is 10.9 Å². The van der Waals surface area contributed by atoms with E-state index in [4.69, 9.17) is 27.9 Å². The summed E-state index contributed by atoms with van der Waals surface area (Å²) in [4.78, 5) is 15.8. The third-order valence-corrected chi connectivity index (χ3v) is 5.27. The van der Waals surface area contributed by atoms with Gasteiger partial charge in [0.05, 0.1) is 35.0 Å². The van der Waals surface area contributed by atoms with Gasteiger partial charge in [0.1, 0.15) is 0 Å². The van der Waals surface area contributed by atoms with E-state index in [9.17, 15) is 4.79 Å². The largest absolute Gasteiger partial charge is 0.466 e. The van der Waals surface area contributed by atoms with Crippen molar-refractivity contribution in [2.45, 2.75) is 13.3 Å². The van der Waals surface area contributed by atoms with Crippen molar-refractivity contribution < 1.29 is 9.53 Å². The number of carbonyl (C=O) groups excluding carboxylic acids is 1. The molecule has 1 N–H and O–H groups in total. The fourth-order valence-corrected chi connectivity index (χ4v) is 3.45. The minimum atomic E-state index is -0.293. The van der Waals surface area contributed by atoms with Crippen LogP contribution in [0.2, 0.25) is 10.0 Å². The van der Waals surface area contributed by atoms with E-state index in [1.165, 1.54) is 11.3 Å². The molecule has 2 aromatic carbocycles. The summed E-state index contributed by atoms with van der Waals surface area (Å²) >= 11 is 13.5. The van der Waals surface area contributed by atoms with Crippen LogP contribution in [-0.2, 0) is 16.0 Å². The summed E-state index contributed by atoms with van der Waals surface area (Å²) in [7, 11) is 0. The van der Waals surface area contributed by atoms with Crippen LogP contribution in [0.25, 0.3) is 11.1 Å². The van der Waals surface area contributed by atoms with Crippen molar-refractivity contribution in [3.63, 3.8) is 0 Å². The number of nitrogens with one attached hydrogen (secondary N) is 1. The molecule has 0 fully saturated rings. The SMILES string of the molecule is CCOC(=O)Cc1csc(NN=Cc2ccccc2-c2ccc(Cl)c(Cl)c2)n1.